The third-order valence-electron chi connectivity index (χ3n) is 2.76. The van der Waals surface area contributed by atoms with E-state index in [1.165, 1.54) is 18.4 Å². The average molecular weight is 324 g/mol. The van der Waals surface area contributed by atoms with Crippen LogP contribution in [0.3, 0.4) is 0 Å². The monoisotopic (exact) mass is 324 g/mol. The van der Waals surface area contributed by atoms with E-state index in [0.717, 1.165) is 4.68 Å². The van der Waals surface area contributed by atoms with Crippen molar-refractivity contribution in [3.63, 3.8) is 0 Å². The number of amides is 1. The molecule has 0 aliphatic rings. The summed E-state index contributed by atoms with van der Waals surface area (Å²) in [5, 5.41) is 17.5. The van der Waals surface area contributed by atoms with E-state index in [4.69, 9.17) is 0 Å². The van der Waals surface area contributed by atoms with Gasteiger partial charge >= 0.3 is 18.9 Å². The van der Waals surface area contributed by atoms with Gasteiger partial charge in [0.1, 0.15) is 16.3 Å². The molecule has 0 atom stereocenters. The topological polar surface area (TPSA) is 126 Å². The van der Waals surface area contributed by atoms with Crippen LogP contribution in [0.4, 0.5) is 0 Å². The summed E-state index contributed by atoms with van der Waals surface area (Å²) in [4.78, 5) is 35.5. The summed E-state index contributed by atoms with van der Waals surface area (Å²) in [7, 11) is 1.43. The van der Waals surface area contributed by atoms with E-state index in [0.29, 0.717) is 10.3 Å². The van der Waals surface area contributed by atoms with Crippen molar-refractivity contribution in [2.75, 3.05) is 0 Å². The Bertz CT molecular complexity index is 844. The van der Waals surface area contributed by atoms with E-state index < -0.39 is 11.9 Å². The third kappa shape index (κ3) is 3.56. The first-order chi connectivity index (χ1) is 10.5. The maximum absolute atomic E-state index is 12.0. The zero-order valence-electron chi connectivity index (χ0n) is 12.3. The molecule has 11 heteroatoms. The Hall–Kier alpha value is -2.28. The van der Waals surface area contributed by atoms with Crippen LogP contribution in [0.25, 0.3) is 10.3 Å². The van der Waals surface area contributed by atoms with Gasteiger partial charge in [0.05, 0.1) is 6.54 Å². The van der Waals surface area contributed by atoms with Gasteiger partial charge in [-0.2, -0.15) is 5.10 Å². The van der Waals surface area contributed by atoms with E-state index in [1.54, 1.807) is 18.3 Å². The van der Waals surface area contributed by atoms with Crippen molar-refractivity contribution in [2.45, 2.75) is 6.54 Å². The molecule has 1 amide bonds. The zero-order chi connectivity index (χ0) is 15.7. The molecule has 3 heterocycles. The van der Waals surface area contributed by atoms with E-state index in [1.807, 2.05) is 0 Å². The SMILES string of the molecule is Cn1nc(CNC(=O)c2nc3cccnc3s2)nc1C(=O)[O-].[Li+]. The Morgan fingerprint density at radius 1 is 1.39 bits per heavy atom. The molecule has 23 heavy (non-hydrogen) atoms. The molecule has 3 aromatic rings. The Kier molecular flexibility index (Phi) is 5.10. The number of carbonyl (C=O) groups excluding carboxylic acids is 2. The number of hydrogen-bond donors (Lipinski definition) is 1. The van der Waals surface area contributed by atoms with E-state index in [-0.39, 0.29) is 42.1 Å². The van der Waals surface area contributed by atoms with Crippen LogP contribution < -0.4 is 29.3 Å². The number of hydrogen-bond acceptors (Lipinski definition) is 8. The van der Waals surface area contributed by atoms with Crippen LogP contribution in [0.1, 0.15) is 26.2 Å². The largest absolute Gasteiger partial charge is 1.00 e. The summed E-state index contributed by atoms with van der Waals surface area (Å²) in [6.45, 7) is -0.0106. The van der Waals surface area contributed by atoms with E-state index >= 15 is 0 Å². The van der Waals surface area contributed by atoms with Crippen molar-refractivity contribution in [3.05, 3.63) is 35.0 Å². The van der Waals surface area contributed by atoms with Crippen LogP contribution in [-0.4, -0.2) is 36.6 Å². The summed E-state index contributed by atoms with van der Waals surface area (Å²) in [6.07, 6.45) is 1.63. The fourth-order valence-corrected chi connectivity index (χ4v) is 2.62. The number of thiazole rings is 1. The summed E-state index contributed by atoms with van der Waals surface area (Å²) in [5.41, 5.74) is 0.646. The fourth-order valence-electron chi connectivity index (χ4n) is 1.79. The molecule has 1 N–H and O–H groups in total. The maximum Gasteiger partial charge on any atom is 1.00 e. The first-order valence-corrected chi connectivity index (χ1v) is 6.97. The fraction of sp³-hybridized carbons (Fsp3) is 0.167. The quantitative estimate of drug-likeness (QED) is 0.486. The minimum absolute atomic E-state index is 0. The Labute approximate surface area is 146 Å². The minimum atomic E-state index is -1.43. The molecule has 9 nitrogen and oxygen atoms in total. The van der Waals surface area contributed by atoms with Gasteiger partial charge in [-0.3, -0.25) is 4.79 Å². The number of aryl methyl sites for hydroxylation is 1. The van der Waals surface area contributed by atoms with Crippen LogP contribution in [0.2, 0.25) is 0 Å². The number of carbonyl (C=O) groups is 2. The van der Waals surface area contributed by atoms with Crippen LogP contribution in [0.5, 0.6) is 0 Å². The maximum atomic E-state index is 12.0. The van der Waals surface area contributed by atoms with Crippen LogP contribution in [0.15, 0.2) is 18.3 Å². The van der Waals surface area contributed by atoms with Gasteiger partial charge in [-0.25, -0.2) is 19.6 Å². The molecule has 0 radical (unpaired) electrons. The van der Waals surface area contributed by atoms with Gasteiger partial charge in [-0.1, -0.05) is 11.3 Å². The normalized spacial score (nSPS) is 10.3. The molecule has 0 fully saturated rings. The molecule has 3 aromatic heterocycles. The van der Waals surface area contributed by atoms with Gasteiger partial charge in [0, 0.05) is 13.2 Å². The molecule has 0 aliphatic heterocycles. The summed E-state index contributed by atoms with van der Waals surface area (Å²) < 4.78 is 1.08. The number of carboxylic acid groups (broad SMARTS) is 1. The van der Waals surface area contributed by atoms with E-state index in [9.17, 15) is 14.7 Å². The van der Waals surface area contributed by atoms with E-state index in [2.05, 4.69) is 25.4 Å². The number of nitrogens with zero attached hydrogens (tertiary/aromatic N) is 5. The van der Waals surface area contributed by atoms with Crippen molar-refractivity contribution < 1.29 is 33.6 Å². The third-order valence-corrected chi connectivity index (χ3v) is 3.74. The second-order valence-electron chi connectivity index (χ2n) is 4.29. The Balaban J connectivity index is 0.00000192. The number of aromatic nitrogens is 5. The summed E-state index contributed by atoms with van der Waals surface area (Å²) in [6, 6.07) is 3.51. The van der Waals surface area contributed by atoms with Gasteiger partial charge in [0.15, 0.2) is 16.7 Å². The van der Waals surface area contributed by atoms with Gasteiger partial charge in [0.2, 0.25) is 0 Å². The smallest absolute Gasteiger partial charge is 0.542 e. The second-order valence-corrected chi connectivity index (χ2v) is 5.27. The van der Waals surface area contributed by atoms with Gasteiger partial charge in [-0.15, -0.1) is 0 Å². The summed E-state index contributed by atoms with van der Waals surface area (Å²) >= 11 is 1.17. The molecule has 0 aromatic carbocycles. The van der Waals surface area contributed by atoms with Crippen molar-refractivity contribution in [1.29, 1.82) is 0 Å². The Morgan fingerprint density at radius 2 is 2.17 bits per heavy atom. The number of fused-ring (bicyclic) bond motifs is 1. The minimum Gasteiger partial charge on any atom is -0.542 e. The molecular formula is C12H9LiN6O3S. The number of carboxylic acids is 1. The predicted molar refractivity (Wildman–Crippen MR) is 73.9 cm³/mol. The molecule has 3 rings (SSSR count). The summed E-state index contributed by atoms with van der Waals surface area (Å²) in [5.74, 6) is -1.95. The van der Waals surface area contributed by atoms with Crippen molar-refractivity contribution >= 4 is 33.6 Å². The van der Waals surface area contributed by atoms with Crippen LogP contribution in [-0.2, 0) is 13.6 Å². The van der Waals surface area contributed by atoms with Crippen LogP contribution in [0, 0.1) is 0 Å². The predicted octanol–water partition coefficient (Wildman–Crippen LogP) is -3.88. The molecule has 0 aliphatic carbocycles. The second kappa shape index (κ2) is 6.87. The van der Waals surface area contributed by atoms with Crippen LogP contribution >= 0.6 is 11.3 Å². The van der Waals surface area contributed by atoms with Crippen molar-refractivity contribution in [1.82, 2.24) is 30.0 Å². The Morgan fingerprint density at radius 3 is 2.83 bits per heavy atom. The average Bonchev–Trinajstić information content (AvgIpc) is 3.08. The molecule has 112 valence electrons. The zero-order valence-corrected chi connectivity index (χ0v) is 13.1. The van der Waals surface area contributed by atoms with Gasteiger partial charge in [-0.05, 0) is 12.1 Å². The van der Waals surface area contributed by atoms with Crippen molar-refractivity contribution in [2.24, 2.45) is 7.05 Å². The molecular weight excluding hydrogens is 315 g/mol. The number of aromatic carboxylic acids is 1. The molecule has 0 spiro atoms. The first-order valence-electron chi connectivity index (χ1n) is 6.15. The van der Waals surface area contributed by atoms with Gasteiger partial charge in [0.25, 0.3) is 5.91 Å². The number of nitrogens with one attached hydrogen (secondary N) is 1. The standard InChI is InChI=1S/C12H10N6O3S.Li/c1-18-8(12(20)21)16-7(17-18)5-14-9(19)11-15-6-3-2-4-13-10(6)22-11;/h2-4H,5H2,1H3,(H,14,19)(H,20,21);/q;+1/p-1. The van der Waals surface area contributed by atoms with Crippen molar-refractivity contribution in [3.8, 4) is 0 Å². The number of pyridine rings is 1. The van der Waals surface area contributed by atoms with Gasteiger partial charge < -0.3 is 15.2 Å². The molecule has 0 unspecified atom stereocenters. The first kappa shape index (κ1) is 17.1. The molecule has 0 bridgehead atoms. The number of rotatable bonds is 4. The molecule has 0 saturated heterocycles. The molecule has 0 saturated carbocycles.